The number of hydrogen-bond donors (Lipinski definition) is 2. The molecule has 178 valence electrons. The number of hydrogen-bond acceptors (Lipinski definition) is 5. The van der Waals surface area contributed by atoms with Gasteiger partial charge in [-0.05, 0) is 69.9 Å². The largest absolute Gasteiger partial charge is 0.346 e. The second kappa shape index (κ2) is 9.13. The fraction of sp³-hybridized carbons (Fsp3) is 0.360. The Morgan fingerprint density at radius 3 is 2.62 bits per heavy atom. The molecular weight excluding hydrogens is 455 g/mol. The number of nitrogens with one attached hydrogen (secondary N) is 2. The number of aryl methyl sites for hydroxylation is 3. The molecule has 0 saturated heterocycles. The van der Waals surface area contributed by atoms with Gasteiger partial charge >= 0.3 is 0 Å². The summed E-state index contributed by atoms with van der Waals surface area (Å²) in [4.78, 5) is 44.7. The number of fused-ring (bicyclic) bond motifs is 1. The number of benzene rings is 1. The lowest BCUT2D eigenvalue weighted by molar-refractivity contribution is -0.117. The van der Waals surface area contributed by atoms with Crippen LogP contribution in [0.25, 0.3) is 0 Å². The maximum Gasteiger partial charge on any atom is 0.294 e. The summed E-state index contributed by atoms with van der Waals surface area (Å²) >= 11 is 1.62. The Labute approximate surface area is 201 Å². The minimum Gasteiger partial charge on any atom is -0.346 e. The van der Waals surface area contributed by atoms with E-state index in [2.05, 4.69) is 15.6 Å². The topological polar surface area (TPSA) is 93.1 Å². The first kappa shape index (κ1) is 23.8. The highest BCUT2D eigenvalue weighted by atomic mass is 32.1. The van der Waals surface area contributed by atoms with Gasteiger partial charge in [0.15, 0.2) is 0 Å². The molecule has 1 aromatic carbocycles. The minimum atomic E-state index is -0.681. The number of carbonyl (C=O) groups is 3. The highest BCUT2D eigenvalue weighted by molar-refractivity contribution is 7.11. The van der Waals surface area contributed by atoms with Crippen LogP contribution in [0.15, 0.2) is 18.2 Å². The summed E-state index contributed by atoms with van der Waals surface area (Å²) in [6.07, 6.45) is 2.16. The van der Waals surface area contributed by atoms with Crippen molar-refractivity contribution in [2.45, 2.75) is 53.0 Å². The standard InChI is InChI=1S/C25H27FN4O3S/c1-12-10-16(6-8-18(12)26)28-24(32)21-13(2)22(30(5)14(21)3)23(31)25(33)29-17-7-9-19-20(11-17)34-15(4)27-19/h6,8,10,17H,7,9,11H2,1-5H3,(H,28,32)(H,29,33). The van der Waals surface area contributed by atoms with Crippen LogP contribution in [0.5, 0.6) is 0 Å². The Hall–Kier alpha value is -3.33. The Bertz CT molecular complexity index is 1320. The molecule has 3 aromatic rings. The number of nitrogens with zero attached hydrogens (tertiary/aromatic N) is 2. The normalized spacial score (nSPS) is 15.1. The number of anilines is 1. The zero-order valence-corrected chi connectivity index (χ0v) is 20.7. The van der Waals surface area contributed by atoms with Crippen molar-refractivity contribution >= 4 is 34.6 Å². The van der Waals surface area contributed by atoms with Crippen LogP contribution in [0.4, 0.5) is 10.1 Å². The highest BCUT2D eigenvalue weighted by Gasteiger charge is 2.31. The molecule has 0 aliphatic heterocycles. The van der Waals surface area contributed by atoms with Crippen LogP contribution < -0.4 is 10.6 Å². The molecule has 9 heteroatoms. The average molecular weight is 483 g/mol. The summed E-state index contributed by atoms with van der Waals surface area (Å²) < 4.78 is 15.1. The van der Waals surface area contributed by atoms with Gasteiger partial charge in [-0.2, -0.15) is 0 Å². The van der Waals surface area contributed by atoms with E-state index in [9.17, 15) is 18.8 Å². The number of ketones is 1. The van der Waals surface area contributed by atoms with Gasteiger partial charge in [-0.15, -0.1) is 11.3 Å². The van der Waals surface area contributed by atoms with E-state index in [1.807, 2.05) is 6.92 Å². The van der Waals surface area contributed by atoms with E-state index in [0.29, 0.717) is 34.5 Å². The van der Waals surface area contributed by atoms with E-state index in [-0.39, 0.29) is 17.6 Å². The van der Waals surface area contributed by atoms with Gasteiger partial charge in [-0.3, -0.25) is 14.4 Å². The van der Waals surface area contributed by atoms with Crippen LogP contribution in [0, 0.1) is 33.5 Å². The van der Waals surface area contributed by atoms with Crippen molar-refractivity contribution in [3.8, 4) is 0 Å². The molecule has 1 aliphatic rings. The Morgan fingerprint density at radius 2 is 1.91 bits per heavy atom. The van der Waals surface area contributed by atoms with Crippen LogP contribution in [0.2, 0.25) is 0 Å². The minimum absolute atomic E-state index is 0.130. The molecule has 1 atom stereocenters. The third-order valence-electron chi connectivity index (χ3n) is 6.38. The number of thiazole rings is 1. The maximum atomic E-state index is 13.6. The lowest BCUT2D eigenvalue weighted by Gasteiger charge is -2.22. The Balaban J connectivity index is 1.52. The van der Waals surface area contributed by atoms with Gasteiger partial charge in [-0.25, -0.2) is 9.37 Å². The third kappa shape index (κ3) is 4.40. The van der Waals surface area contributed by atoms with Gasteiger partial charge in [0.2, 0.25) is 0 Å². The van der Waals surface area contributed by atoms with Crippen molar-refractivity contribution in [1.82, 2.24) is 14.9 Å². The number of halogens is 1. The van der Waals surface area contributed by atoms with Crippen molar-refractivity contribution in [2.75, 3.05) is 5.32 Å². The Morgan fingerprint density at radius 1 is 1.18 bits per heavy atom. The zero-order valence-electron chi connectivity index (χ0n) is 19.8. The van der Waals surface area contributed by atoms with Crippen molar-refractivity contribution in [2.24, 2.45) is 7.05 Å². The van der Waals surface area contributed by atoms with Crippen LogP contribution in [0.1, 0.15) is 59.7 Å². The van der Waals surface area contributed by atoms with Gasteiger partial charge < -0.3 is 15.2 Å². The summed E-state index contributed by atoms with van der Waals surface area (Å²) in [5.74, 6) is -2.13. The van der Waals surface area contributed by atoms with Gasteiger partial charge in [0, 0.05) is 35.8 Å². The number of Topliss-reactive ketones (excluding diaryl/α,β-unsaturated/α-hetero) is 1. The maximum absolute atomic E-state index is 13.6. The molecule has 0 saturated carbocycles. The fourth-order valence-electron chi connectivity index (χ4n) is 4.54. The highest BCUT2D eigenvalue weighted by Crippen LogP contribution is 2.27. The predicted octanol–water partition coefficient (Wildman–Crippen LogP) is 3.96. The third-order valence-corrected chi connectivity index (χ3v) is 7.41. The fourth-order valence-corrected chi connectivity index (χ4v) is 5.60. The predicted molar refractivity (Wildman–Crippen MR) is 129 cm³/mol. The summed E-state index contributed by atoms with van der Waals surface area (Å²) in [5, 5.41) is 6.63. The molecule has 2 aromatic heterocycles. The molecule has 1 aliphatic carbocycles. The van der Waals surface area contributed by atoms with Crippen molar-refractivity contribution in [1.29, 1.82) is 0 Å². The van der Waals surface area contributed by atoms with Gasteiger partial charge in [0.05, 0.1) is 22.0 Å². The lowest BCUT2D eigenvalue weighted by Crippen LogP contribution is -2.42. The van der Waals surface area contributed by atoms with Crippen molar-refractivity contribution in [3.05, 3.63) is 67.7 Å². The zero-order chi connectivity index (χ0) is 24.7. The first-order valence-corrected chi connectivity index (χ1v) is 11.9. The SMILES string of the molecule is Cc1nc2c(s1)CC(NC(=O)C(=O)c1c(C)c(C(=O)Nc3ccc(F)c(C)c3)c(C)n1C)CC2. The smallest absolute Gasteiger partial charge is 0.294 e. The second-order valence-electron chi connectivity index (χ2n) is 8.76. The number of aromatic nitrogens is 2. The van der Waals surface area contributed by atoms with E-state index >= 15 is 0 Å². The number of rotatable bonds is 5. The molecule has 2 N–H and O–H groups in total. The molecular formula is C25H27FN4O3S. The summed E-state index contributed by atoms with van der Waals surface area (Å²) in [5.41, 5.74) is 3.44. The molecule has 34 heavy (non-hydrogen) atoms. The van der Waals surface area contributed by atoms with E-state index < -0.39 is 17.6 Å². The molecule has 7 nitrogen and oxygen atoms in total. The molecule has 2 heterocycles. The monoisotopic (exact) mass is 482 g/mol. The molecule has 2 amide bonds. The molecule has 0 spiro atoms. The van der Waals surface area contributed by atoms with E-state index in [1.54, 1.807) is 49.8 Å². The van der Waals surface area contributed by atoms with Crippen molar-refractivity contribution in [3.63, 3.8) is 0 Å². The van der Waals surface area contributed by atoms with E-state index in [4.69, 9.17) is 0 Å². The van der Waals surface area contributed by atoms with E-state index in [1.165, 1.54) is 12.1 Å². The van der Waals surface area contributed by atoms with Crippen LogP contribution in [-0.4, -0.2) is 33.2 Å². The van der Waals surface area contributed by atoms with E-state index in [0.717, 1.165) is 28.4 Å². The molecule has 4 rings (SSSR count). The number of amides is 2. The van der Waals surface area contributed by atoms with Gasteiger partial charge in [-0.1, -0.05) is 0 Å². The summed E-state index contributed by atoms with van der Waals surface area (Å²) in [6, 6.07) is 4.18. The van der Waals surface area contributed by atoms with Gasteiger partial charge in [0.25, 0.3) is 17.6 Å². The van der Waals surface area contributed by atoms with Gasteiger partial charge in [0.1, 0.15) is 5.82 Å². The lowest BCUT2D eigenvalue weighted by atomic mass is 9.97. The molecule has 0 radical (unpaired) electrons. The first-order valence-electron chi connectivity index (χ1n) is 11.1. The molecule has 0 fully saturated rings. The van der Waals surface area contributed by atoms with Crippen LogP contribution in [-0.2, 0) is 24.7 Å². The van der Waals surface area contributed by atoms with Crippen LogP contribution >= 0.6 is 11.3 Å². The Kier molecular flexibility index (Phi) is 6.40. The van der Waals surface area contributed by atoms with Crippen molar-refractivity contribution < 1.29 is 18.8 Å². The quantitative estimate of drug-likeness (QED) is 0.425. The average Bonchev–Trinajstić information content (AvgIpc) is 3.25. The summed E-state index contributed by atoms with van der Waals surface area (Å²) in [6.45, 7) is 6.96. The molecule has 1 unspecified atom stereocenters. The number of carbonyl (C=O) groups excluding carboxylic acids is 3. The first-order chi connectivity index (χ1) is 16.1. The summed E-state index contributed by atoms with van der Waals surface area (Å²) in [7, 11) is 1.66. The van der Waals surface area contributed by atoms with Crippen LogP contribution in [0.3, 0.4) is 0 Å². The second-order valence-corrected chi connectivity index (χ2v) is 10.0. The molecule has 0 bridgehead atoms.